The number of hydrogen-bond acceptors (Lipinski definition) is 6. The van der Waals surface area contributed by atoms with Crippen LogP contribution in [0.2, 0.25) is 0 Å². The second-order valence-electron chi connectivity index (χ2n) is 7.43. The number of rotatable bonds is 5. The predicted molar refractivity (Wildman–Crippen MR) is 130 cm³/mol. The van der Waals surface area contributed by atoms with Crippen molar-refractivity contribution in [3.05, 3.63) is 98.9 Å². The van der Waals surface area contributed by atoms with Gasteiger partial charge in [0, 0.05) is 22.2 Å². The summed E-state index contributed by atoms with van der Waals surface area (Å²) in [4.78, 5) is 31.3. The topological polar surface area (TPSA) is 76.3 Å². The smallest absolute Gasteiger partial charge is 0.270 e. The maximum atomic E-state index is 13.7. The highest BCUT2D eigenvalue weighted by atomic mass is 32.1. The molecule has 158 valence electrons. The molecule has 6 nitrogen and oxygen atoms in total. The molecule has 3 aromatic carbocycles. The summed E-state index contributed by atoms with van der Waals surface area (Å²) >= 11 is 2.82. The third kappa shape index (κ3) is 3.86. The number of thiophene rings is 1. The molecule has 0 fully saturated rings. The number of nitro groups is 1. The second kappa shape index (κ2) is 8.14. The average molecular weight is 460 g/mol. The molecule has 0 radical (unpaired) electrons. The number of hydrogen-bond donors (Lipinski definition) is 0. The van der Waals surface area contributed by atoms with E-state index in [-0.39, 0.29) is 11.6 Å². The van der Waals surface area contributed by atoms with E-state index < -0.39 is 4.92 Å². The number of amides is 1. The third-order valence-electron chi connectivity index (χ3n) is 5.11. The molecule has 2 heterocycles. The van der Waals surface area contributed by atoms with Crippen LogP contribution in [0.1, 0.15) is 20.8 Å². The molecular formula is C24H17N3O3S2. The molecule has 0 aliphatic rings. The van der Waals surface area contributed by atoms with Gasteiger partial charge in [-0.15, -0.1) is 11.3 Å². The first-order valence-corrected chi connectivity index (χ1v) is 11.5. The summed E-state index contributed by atoms with van der Waals surface area (Å²) in [5.41, 5.74) is 3.00. The van der Waals surface area contributed by atoms with Gasteiger partial charge in [-0.3, -0.25) is 19.8 Å². The Hall–Kier alpha value is -3.62. The summed E-state index contributed by atoms with van der Waals surface area (Å²) in [6.07, 6.45) is 0. The monoisotopic (exact) mass is 459 g/mol. The largest absolute Gasteiger partial charge is 0.279 e. The first-order valence-electron chi connectivity index (χ1n) is 9.89. The summed E-state index contributed by atoms with van der Waals surface area (Å²) in [7, 11) is 0. The number of nitro benzene ring substituents is 1. The molecule has 0 saturated carbocycles. The van der Waals surface area contributed by atoms with E-state index in [1.807, 2.05) is 49.4 Å². The summed E-state index contributed by atoms with van der Waals surface area (Å²) < 4.78 is 1.86. The van der Waals surface area contributed by atoms with Crippen molar-refractivity contribution in [3.63, 3.8) is 0 Å². The van der Waals surface area contributed by atoms with E-state index >= 15 is 0 Å². The molecule has 0 aliphatic carbocycles. The van der Waals surface area contributed by atoms with Crippen molar-refractivity contribution in [1.29, 1.82) is 0 Å². The maximum Gasteiger partial charge on any atom is 0.270 e. The Morgan fingerprint density at radius 1 is 1.00 bits per heavy atom. The van der Waals surface area contributed by atoms with Crippen LogP contribution in [-0.2, 0) is 6.54 Å². The van der Waals surface area contributed by atoms with Crippen molar-refractivity contribution >= 4 is 59.7 Å². The third-order valence-corrected chi connectivity index (χ3v) is 7.26. The van der Waals surface area contributed by atoms with E-state index in [1.54, 1.807) is 17.0 Å². The molecule has 0 saturated heterocycles. The summed E-state index contributed by atoms with van der Waals surface area (Å²) in [6, 6.07) is 22.2. The minimum Gasteiger partial charge on any atom is -0.279 e. The number of aryl methyl sites for hydroxylation is 1. The van der Waals surface area contributed by atoms with Gasteiger partial charge in [0.1, 0.15) is 0 Å². The van der Waals surface area contributed by atoms with Crippen LogP contribution in [0.4, 0.5) is 10.8 Å². The number of benzene rings is 3. The molecule has 8 heteroatoms. The van der Waals surface area contributed by atoms with Gasteiger partial charge in [0.25, 0.3) is 11.6 Å². The Bertz CT molecular complexity index is 1470. The number of nitrogens with zero attached hydrogens (tertiary/aromatic N) is 3. The van der Waals surface area contributed by atoms with Gasteiger partial charge in [-0.2, -0.15) is 0 Å². The number of aromatic nitrogens is 1. The fraction of sp³-hybridized carbons (Fsp3) is 0.0833. The molecule has 5 aromatic rings. The van der Waals surface area contributed by atoms with Gasteiger partial charge in [-0.25, -0.2) is 4.98 Å². The van der Waals surface area contributed by atoms with Gasteiger partial charge in [0.2, 0.25) is 0 Å². The highest BCUT2D eigenvalue weighted by Gasteiger charge is 2.24. The van der Waals surface area contributed by atoms with E-state index in [0.717, 1.165) is 26.0 Å². The van der Waals surface area contributed by atoms with Gasteiger partial charge < -0.3 is 0 Å². The Labute approximate surface area is 191 Å². The molecule has 0 N–H and O–H groups in total. The van der Waals surface area contributed by atoms with Crippen molar-refractivity contribution in [1.82, 2.24) is 4.98 Å². The van der Waals surface area contributed by atoms with Crippen molar-refractivity contribution < 1.29 is 9.72 Å². The summed E-state index contributed by atoms with van der Waals surface area (Å²) in [6.45, 7) is 2.41. The van der Waals surface area contributed by atoms with Crippen LogP contribution in [0, 0.1) is 17.0 Å². The lowest BCUT2D eigenvalue weighted by molar-refractivity contribution is -0.384. The molecule has 0 aliphatic heterocycles. The number of carbonyl (C=O) groups is 1. The Kier molecular flexibility index (Phi) is 5.16. The second-order valence-corrected chi connectivity index (χ2v) is 9.53. The van der Waals surface area contributed by atoms with E-state index in [4.69, 9.17) is 4.98 Å². The van der Waals surface area contributed by atoms with Crippen LogP contribution in [0.5, 0.6) is 0 Å². The van der Waals surface area contributed by atoms with Crippen molar-refractivity contribution in [2.45, 2.75) is 13.5 Å². The minimum atomic E-state index is -0.427. The minimum absolute atomic E-state index is 0.0111. The van der Waals surface area contributed by atoms with Crippen molar-refractivity contribution in [2.24, 2.45) is 0 Å². The highest BCUT2D eigenvalue weighted by Crippen LogP contribution is 2.34. The van der Waals surface area contributed by atoms with Gasteiger partial charge in [0.05, 0.1) is 26.6 Å². The SMILES string of the molecule is Cc1ccc2nc(N(Cc3ccccc3)C(=O)c3cc4cc([N+](=O)[O-])ccc4s3)sc2c1. The Balaban J connectivity index is 1.58. The Morgan fingerprint density at radius 2 is 1.81 bits per heavy atom. The quantitative estimate of drug-likeness (QED) is 0.220. The van der Waals surface area contributed by atoms with Crippen LogP contribution >= 0.6 is 22.7 Å². The number of fused-ring (bicyclic) bond motifs is 2. The van der Waals surface area contributed by atoms with Crippen LogP contribution in [0.3, 0.4) is 0 Å². The van der Waals surface area contributed by atoms with Crippen molar-refractivity contribution in [2.75, 3.05) is 4.90 Å². The van der Waals surface area contributed by atoms with Gasteiger partial charge >= 0.3 is 0 Å². The number of carbonyl (C=O) groups excluding carboxylic acids is 1. The van der Waals surface area contributed by atoms with E-state index in [0.29, 0.717) is 21.9 Å². The molecule has 2 aromatic heterocycles. The lowest BCUT2D eigenvalue weighted by Crippen LogP contribution is -2.29. The number of non-ortho nitro benzene ring substituents is 1. The fourth-order valence-corrected chi connectivity index (χ4v) is 5.56. The zero-order valence-electron chi connectivity index (χ0n) is 17.0. The number of anilines is 1. The van der Waals surface area contributed by atoms with Gasteiger partial charge in [0.15, 0.2) is 5.13 Å². The molecule has 0 unspecified atom stereocenters. The maximum absolute atomic E-state index is 13.7. The number of thiazole rings is 1. The van der Waals surface area contributed by atoms with Gasteiger partial charge in [-0.05, 0) is 42.3 Å². The average Bonchev–Trinajstić information content (AvgIpc) is 3.40. The molecule has 5 rings (SSSR count). The fourth-order valence-electron chi connectivity index (χ4n) is 3.51. The van der Waals surface area contributed by atoms with E-state index in [2.05, 4.69) is 6.07 Å². The lowest BCUT2D eigenvalue weighted by atomic mass is 10.2. The molecule has 1 amide bonds. The Morgan fingerprint density at radius 3 is 2.59 bits per heavy atom. The normalized spacial score (nSPS) is 11.2. The van der Waals surface area contributed by atoms with E-state index in [1.165, 1.54) is 34.8 Å². The molecule has 0 spiro atoms. The van der Waals surface area contributed by atoms with E-state index in [9.17, 15) is 14.9 Å². The standard InChI is InChI=1S/C24H17N3O3S2/c1-15-7-9-19-21(11-15)32-24(25-19)26(14-16-5-3-2-4-6-16)23(28)22-13-17-12-18(27(29)30)8-10-20(17)31-22/h2-13H,14H2,1H3. The zero-order chi connectivity index (χ0) is 22.2. The molecule has 0 bridgehead atoms. The molecular weight excluding hydrogens is 442 g/mol. The molecule has 32 heavy (non-hydrogen) atoms. The first-order chi connectivity index (χ1) is 15.5. The van der Waals surface area contributed by atoms with Gasteiger partial charge in [-0.1, -0.05) is 47.7 Å². The first kappa shape index (κ1) is 20.3. The van der Waals surface area contributed by atoms with Crippen LogP contribution in [0.15, 0.2) is 72.8 Å². The van der Waals surface area contributed by atoms with Crippen molar-refractivity contribution in [3.8, 4) is 0 Å². The predicted octanol–water partition coefficient (Wildman–Crippen LogP) is 6.57. The molecule has 0 atom stereocenters. The van der Waals surface area contributed by atoms with Crippen LogP contribution in [0.25, 0.3) is 20.3 Å². The lowest BCUT2D eigenvalue weighted by Gasteiger charge is -2.19. The van der Waals surface area contributed by atoms with Crippen LogP contribution < -0.4 is 4.90 Å². The highest BCUT2D eigenvalue weighted by molar-refractivity contribution is 7.23. The summed E-state index contributed by atoms with van der Waals surface area (Å²) in [5.74, 6) is -0.173. The zero-order valence-corrected chi connectivity index (χ0v) is 18.7. The summed E-state index contributed by atoms with van der Waals surface area (Å²) in [5, 5.41) is 12.4. The van der Waals surface area contributed by atoms with Crippen LogP contribution in [-0.4, -0.2) is 15.8 Å².